The molecule has 1 aliphatic rings. The molecule has 0 radical (unpaired) electrons. The van der Waals surface area contributed by atoms with Crippen LogP contribution in [0, 0.1) is 0 Å². The summed E-state index contributed by atoms with van der Waals surface area (Å²) in [5.41, 5.74) is 3.12. The predicted molar refractivity (Wildman–Crippen MR) is 137 cm³/mol. The fourth-order valence-electron chi connectivity index (χ4n) is 4.66. The fraction of sp³-hybridized carbons (Fsp3) is 0.222. The third-order valence-corrected chi connectivity index (χ3v) is 6.65. The molecule has 4 aromatic rings. The van der Waals surface area contributed by atoms with Crippen LogP contribution >= 0.6 is 12.2 Å². The highest BCUT2D eigenvalue weighted by atomic mass is 32.1. The van der Waals surface area contributed by atoms with Gasteiger partial charge in [-0.2, -0.15) is 0 Å². The van der Waals surface area contributed by atoms with E-state index < -0.39 is 0 Å². The van der Waals surface area contributed by atoms with E-state index in [2.05, 4.69) is 80.6 Å². The molecule has 0 saturated carbocycles. The quantitative estimate of drug-likeness (QED) is 0.305. The first-order valence-corrected chi connectivity index (χ1v) is 11.8. The van der Waals surface area contributed by atoms with Crippen LogP contribution in [-0.2, 0) is 9.53 Å². The minimum Gasteiger partial charge on any atom is -0.469 e. The smallest absolute Gasteiger partial charge is 0.305 e. The Bertz CT molecular complexity index is 1320. The first-order valence-electron chi connectivity index (χ1n) is 11.4. The van der Waals surface area contributed by atoms with Crippen LogP contribution in [0.4, 0.5) is 0 Å². The summed E-state index contributed by atoms with van der Waals surface area (Å²) >= 11 is 5.76. The van der Waals surface area contributed by atoms with Crippen molar-refractivity contribution in [1.29, 1.82) is 0 Å². The molecule has 172 valence electrons. The van der Waals surface area contributed by atoms with E-state index in [9.17, 15) is 4.79 Å². The highest BCUT2D eigenvalue weighted by Gasteiger charge is 2.41. The van der Waals surface area contributed by atoms with Crippen molar-refractivity contribution < 1.29 is 9.53 Å². The zero-order valence-corrected chi connectivity index (χ0v) is 19.7. The number of hydrogen-bond acceptors (Lipinski definition) is 4. The lowest BCUT2D eigenvalue weighted by Crippen LogP contribution is -2.31. The van der Waals surface area contributed by atoms with Crippen molar-refractivity contribution in [3.8, 4) is 5.69 Å². The average Bonchev–Trinajstić information content (AvgIpc) is 3.48. The van der Waals surface area contributed by atoms with Crippen molar-refractivity contribution in [2.45, 2.75) is 24.9 Å². The van der Waals surface area contributed by atoms with Crippen LogP contribution in [0.15, 0.2) is 85.2 Å². The summed E-state index contributed by atoms with van der Waals surface area (Å²) in [6, 6.07) is 24.8. The van der Waals surface area contributed by atoms with Gasteiger partial charge in [-0.1, -0.05) is 36.4 Å². The lowest BCUT2D eigenvalue weighted by Gasteiger charge is -2.29. The number of nitrogens with zero attached hydrogens (tertiary/aromatic N) is 3. The highest BCUT2D eigenvalue weighted by Crippen LogP contribution is 2.39. The lowest BCUT2D eigenvalue weighted by atomic mass is 10.0. The molecule has 3 heterocycles. The normalized spacial score (nSPS) is 17.7. The molecule has 6 nitrogen and oxygen atoms in total. The standard InChI is InChI=1S/C27H26N4O2S/c1-33-24(32)12-7-17-31-26(25(29-27(31)34)22-10-4-5-15-28-22)23-11-6-16-30(23)21-14-13-19-8-2-3-9-20(19)18-21/h2-6,8-11,13-16,18,25-26H,7,12,17H2,1H3,(H,29,34)/t25-,26+/m1/s1. The number of carbonyl (C=O) groups excluding carboxylic acids is 1. The fourth-order valence-corrected chi connectivity index (χ4v) is 4.99. The van der Waals surface area contributed by atoms with E-state index in [1.54, 1.807) is 6.20 Å². The number of rotatable bonds is 7. The molecule has 0 amide bonds. The van der Waals surface area contributed by atoms with Gasteiger partial charge in [0.05, 0.1) is 24.9 Å². The molecule has 0 bridgehead atoms. The van der Waals surface area contributed by atoms with E-state index >= 15 is 0 Å². The molecule has 2 atom stereocenters. The summed E-state index contributed by atoms with van der Waals surface area (Å²) in [6.45, 7) is 0.637. The van der Waals surface area contributed by atoms with Gasteiger partial charge in [0.1, 0.15) is 0 Å². The van der Waals surface area contributed by atoms with E-state index in [1.165, 1.54) is 17.9 Å². The molecular formula is C27H26N4O2S. The van der Waals surface area contributed by atoms with E-state index in [-0.39, 0.29) is 18.1 Å². The molecule has 1 saturated heterocycles. The van der Waals surface area contributed by atoms with Crippen molar-refractivity contribution in [3.63, 3.8) is 0 Å². The van der Waals surface area contributed by atoms with Gasteiger partial charge in [0.25, 0.3) is 0 Å². The molecule has 7 heteroatoms. The number of carbonyl (C=O) groups is 1. The molecule has 0 aliphatic carbocycles. The van der Waals surface area contributed by atoms with Gasteiger partial charge >= 0.3 is 5.97 Å². The number of benzene rings is 2. The molecule has 1 N–H and O–H groups in total. The number of ether oxygens (including phenoxy) is 1. The summed E-state index contributed by atoms with van der Waals surface area (Å²) in [7, 11) is 1.42. The molecule has 1 aliphatic heterocycles. The first-order chi connectivity index (χ1) is 16.7. The van der Waals surface area contributed by atoms with Gasteiger partial charge in [0.15, 0.2) is 5.11 Å². The van der Waals surface area contributed by atoms with E-state index in [4.69, 9.17) is 17.0 Å². The Balaban J connectivity index is 1.54. The second-order valence-corrected chi connectivity index (χ2v) is 8.72. The number of esters is 1. The maximum atomic E-state index is 11.7. The van der Waals surface area contributed by atoms with E-state index in [1.807, 2.05) is 18.2 Å². The van der Waals surface area contributed by atoms with Gasteiger partial charge in [-0.25, -0.2) is 0 Å². The first kappa shape index (κ1) is 22.1. The van der Waals surface area contributed by atoms with Crippen molar-refractivity contribution in [1.82, 2.24) is 19.8 Å². The Labute approximate surface area is 204 Å². The molecule has 2 aromatic heterocycles. The van der Waals surface area contributed by atoms with E-state index in [0.29, 0.717) is 24.5 Å². The number of thiocarbonyl (C=S) groups is 1. The summed E-state index contributed by atoms with van der Waals surface area (Å²) < 4.78 is 7.04. The Morgan fingerprint density at radius 1 is 1.06 bits per heavy atom. The summed E-state index contributed by atoms with van der Waals surface area (Å²) in [6.07, 6.45) is 4.89. The highest BCUT2D eigenvalue weighted by molar-refractivity contribution is 7.80. The summed E-state index contributed by atoms with van der Waals surface area (Å²) in [5, 5.41) is 6.55. The van der Waals surface area contributed by atoms with Crippen LogP contribution in [0.2, 0.25) is 0 Å². The third kappa shape index (κ3) is 4.26. The lowest BCUT2D eigenvalue weighted by molar-refractivity contribution is -0.140. The molecule has 0 spiro atoms. The van der Waals surface area contributed by atoms with Gasteiger partial charge in [0.2, 0.25) is 0 Å². The molecule has 34 heavy (non-hydrogen) atoms. The number of methoxy groups -OCH3 is 1. The Morgan fingerprint density at radius 2 is 1.88 bits per heavy atom. The summed E-state index contributed by atoms with van der Waals surface area (Å²) in [5.74, 6) is -0.213. The van der Waals surface area contributed by atoms with Gasteiger partial charge in [-0.15, -0.1) is 0 Å². The van der Waals surface area contributed by atoms with Crippen LogP contribution in [0.1, 0.15) is 36.3 Å². The largest absolute Gasteiger partial charge is 0.469 e. The van der Waals surface area contributed by atoms with Crippen molar-refractivity contribution in [2.24, 2.45) is 0 Å². The molecule has 1 fully saturated rings. The maximum Gasteiger partial charge on any atom is 0.305 e. The number of pyridine rings is 1. The van der Waals surface area contributed by atoms with Crippen LogP contribution in [-0.4, -0.2) is 39.2 Å². The Kier molecular flexibility index (Phi) is 6.27. The zero-order chi connectivity index (χ0) is 23.5. The van der Waals surface area contributed by atoms with E-state index in [0.717, 1.165) is 17.1 Å². The van der Waals surface area contributed by atoms with Gasteiger partial charge in [-0.3, -0.25) is 9.78 Å². The van der Waals surface area contributed by atoms with Crippen LogP contribution in [0.25, 0.3) is 16.5 Å². The number of hydrogen-bond donors (Lipinski definition) is 1. The molecule has 5 rings (SSSR count). The zero-order valence-electron chi connectivity index (χ0n) is 18.9. The topological polar surface area (TPSA) is 59.4 Å². The van der Waals surface area contributed by atoms with Gasteiger partial charge in [0, 0.05) is 36.7 Å². The third-order valence-electron chi connectivity index (χ3n) is 6.30. The number of fused-ring (bicyclic) bond motifs is 1. The van der Waals surface area contributed by atoms with Crippen LogP contribution in [0.5, 0.6) is 0 Å². The maximum absolute atomic E-state index is 11.7. The van der Waals surface area contributed by atoms with Gasteiger partial charge in [-0.05, 0) is 65.8 Å². The monoisotopic (exact) mass is 470 g/mol. The van der Waals surface area contributed by atoms with Crippen LogP contribution in [0.3, 0.4) is 0 Å². The number of nitrogens with one attached hydrogen (secondary N) is 1. The minimum absolute atomic E-state index is 0.0819. The second-order valence-electron chi connectivity index (χ2n) is 8.33. The molecular weight excluding hydrogens is 444 g/mol. The number of aromatic nitrogens is 2. The predicted octanol–water partition coefficient (Wildman–Crippen LogP) is 4.95. The van der Waals surface area contributed by atoms with Crippen molar-refractivity contribution in [2.75, 3.05) is 13.7 Å². The second kappa shape index (κ2) is 9.65. The Hall–Kier alpha value is -3.71. The Morgan fingerprint density at radius 3 is 2.68 bits per heavy atom. The SMILES string of the molecule is COC(=O)CCCN1C(=S)N[C@H](c2ccccn2)[C@@H]1c1cccn1-c1ccc2ccccc2c1. The molecule has 2 aromatic carbocycles. The van der Waals surface area contributed by atoms with Crippen molar-refractivity contribution in [3.05, 3.63) is 96.6 Å². The van der Waals surface area contributed by atoms with Crippen LogP contribution < -0.4 is 5.32 Å². The van der Waals surface area contributed by atoms with Crippen molar-refractivity contribution >= 4 is 34.1 Å². The summed E-state index contributed by atoms with van der Waals surface area (Å²) in [4.78, 5) is 18.5. The van der Waals surface area contributed by atoms with Gasteiger partial charge < -0.3 is 19.5 Å². The average molecular weight is 471 g/mol. The minimum atomic E-state index is -0.213. The molecule has 0 unspecified atom stereocenters.